The van der Waals surface area contributed by atoms with Crippen molar-refractivity contribution in [2.45, 2.75) is 34.5 Å². The fourth-order valence-electron chi connectivity index (χ4n) is 11.3. The van der Waals surface area contributed by atoms with Crippen LogP contribution in [0.4, 0.5) is 0 Å². The van der Waals surface area contributed by atoms with Gasteiger partial charge in [-0.3, -0.25) is 4.57 Å². The summed E-state index contributed by atoms with van der Waals surface area (Å²) >= 11 is 3.68. The van der Waals surface area contributed by atoms with E-state index in [1.165, 1.54) is 80.9 Å². The van der Waals surface area contributed by atoms with Crippen LogP contribution in [-0.2, 0) is 10.8 Å². The first-order chi connectivity index (χ1) is 30.0. The van der Waals surface area contributed by atoms with Crippen LogP contribution in [0.15, 0.2) is 186 Å². The Morgan fingerprint density at radius 2 is 1.11 bits per heavy atom. The van der Waals surface area contributed by atoms with Crippen LogP contribution in [-0.4, -0.2) is 14.5 Å². The van der Waals surface area contributed by atoms with E-state index < -0.39 is 5.41 Å². The van der Waals surface area contributed by atoms with E-state index in [1.54, 1.807) is 11.3 Å². The Balaban J connectivity index is 1.10. The van der Waals surface area contributed by atoms with Gasteiger partial charge in [-0.2, -0.15) is 0 Å². The molecule has 0 radical (unpaired) electrons. The van der Waals surface area contributed by atoms with Crippen LogP contribution >= 0.6 is 23.1 Å². The van der Waals surface area contributed by atoms with Crippen molar-refractivity contribution in [2.24, 2.45) is 0 Å². The molecule has 286 valence electrons. The molecule has 0 amide bonds. The Hall–Kier alpha value is -6.79. The van der Waals surface area contributed by atoms with Gasteiger partial charge < -0.3 is 0 Å². The van der Waals surface area contributed by atoms with E-state index in [9.17, 15) is 0 Å². The highest BCUT2D eigenvalue weighted by molar-refractivity contribution is 7.99. The molecule has 1 aliphatic heterocycles. The average Bonchev–Trinajstić information content (AvgIpc) is 4.01. The molecule has 0 unspecified atom stereocenters. The lowest BCUT2D eigenvalue weighted by Crippen LogP contribution is -2.32. The highest BCUT2D eigenvalue weighted by Crippen LogP contribution is 2.63. The summed E-state index contributed by atoms with van der Waals surface area (Å²) in [4.78, 5) is 13.9. The molecular weight excluding hydrogens is 779 g/mol. The van der Waals surface area contributed by atoms with E-state index in [0.717, 1.165) is 37.9 Å². The summed E-state index contributed by atoms with van der Waals surface area (Å²) in [6.07, 6.45) is 0. The third kappa shape index (κ3) is 4.25. The fraction of sp³-hybridized carbons (Fsp3) is 0.0714. The molecule has 8 aromatic carbocycles. The Kier molecular flexibility index (Phi) is 6.65. The van der Waals surface area contributed by atoms with Crippen molar-refractivity contribution in [3.05, 3.63) is 209 Å². The Bertz CT molecular complexity index is 3690. The average molecular weight is 814 g/mol. The van der Waals surface area contributed by atoms with Crippen molar-refractivity contribution in [2.75, 3.05) is 0 Å². The maximum absolute atomic E-state index is 5.74. The highest BCUT2D eigenvalue weighted by atomic mass is 32.2. The minimum Gasteiger partial charge on any atom is -0.277 e. The second kappa shape index (κ2) is 11.9. The summed E-state index contributed by atoms with van der Waals surface area (Å²) in [5.41, 5.74) is 17.9. The Morgan fingerprint density at radius 3 is 1.90 bits per heavy atom. The van der Waals surface area contributed by atoms with Gasteiger partial charge in [0.1, 0.15) is 0 Å². The normalized spacial score (nSPS) is 14.9. The van der Waals surface area contributed by atoms with Gasteiger partial charge in [0.05, 0.1) is 32.4 Å². The molecule has 0 atom stereocenters. The summed E-state index contributed by atoms with van der Waals surface area (Å²) < 4.78 is 4.71. The van der Waals surface area contributed by atoms with E-state index in [-0.39, 0.29) is 5.41 Å². The second-order valence-electron chi connectivity index (χ2n) is 17.2. The van der Waals surface area contributed by atoms with Gasteiger partial charge in [-0.05, 0) is 79.9 Å². The number of rotatable bonds is 2. The lowest BCUT2D eigenvalue weighted by molar-refractivity contribution is 0.660. The van der Waals surface area contributed by atoms with Gasteiger partial charge in [-0.1, -0.05) is 177 Å². The third-order valence-corrected chi connectivity index (χ3v) is 16.3. The van der Waals surface area contributed by atoms with Crippen molar-refractivity contribution in [3.8, 4) is 39.5 Å². The molecule has 11 aromatic rings. The summed E-state index contributed by atoms with van der Waals surface area (Å²) in [6, 6.07) is 65.3. The van der Waals surface area contributed by atoms with Crippen molar-refractivity contribution in [1.82, 2.24) is 14.5 Å². The van der Waals surface area contributed by atoms with Crippen LogP contribution in [0.1, 0.15) is 47.2 Å². The van der Waals surface area contributed by atoms with E-state index in [2.05, 4.69) is 194 Å². The number of hydrogen-bond donors (Lipinski definition) is 0. The van der Waals surface area contributed by atoms with Gasteiger partial charge >= 0.3 is 0 Å². The minimum absolute atomic E-state index is 0.135. The standard InChI is InChI=1S/C56H35N3S2/c1-55(2)40-20-8-3-15-33(40)36-28-27-32(31-45(36)55)49-53-50(39-19-7-13-25-47(39)60-53)58-54(57-49)59-46-24-12-6-18-37(46)38-29-30-44-52(51(38)59)61-48-26-14-11-23-43(48)56(44)41-21-9-4-16-34(41)35-17-5-10-22-42(35)56/h3-31H,1-2H3. The van der Waals surface area contributed by atoms with Gasteiger partial charge in [0.2, 0.25) is 5.95 Å². The molecule has 3 nitrogen and oxygen atoms in total. The number of nitrogens with zero attached hydrogens (tertiary/aromatic N) is 3. The second-order valence-corrected chi connectivity index (χ2v) is 19.3. The lowest BCUT2D eigenvalue weighted by atomic mass is 9.67. The van der Waals surface area contributed by atoms with Crippen LogP contribution in [0.5, 0.6) is 0 Å². The molecule has 4 heterocycles. The van der Waals surface area contributed by atoms with Crippen molar-refractivity contribution in [3.63, 3.8) is 0 Å². The monoisotopic (exact) mass is 813 g/mol. The number of para-hydroxylation sites is 1. The Labute approximate surface area is 361 Å². The summed E-state index contributed by atoms with van der Waals surface area (Å²) in [7, 11) is 0. The molecule has 0 saturated heterocycles. The summed E-state index contributed by atoms with van der Waals surface area (Å²) in [6.45, 7) is 4.71. The Morgan fingerprint density at radius 1 is 0.492 bits per heavy atom. The third-order valence-electron chi connectivity index (χ3n) is 13.9. The van der Waals surface area contributed by atoms with Crippen molar-refractivity contribution >= 4 is 65.2 Å². The number of aromatic nitrogens is 3. The van der Waals surface area contributed by atoms with Gasteiger partial charge in [0.25, 0.3) is 0 Å². The molecule has 0 N–H and O–H groups in total. The van der Waals surface area contributed by atoms with Crippen molar-refractivity contribution in [1.29, 1.82) is 0 Å². The molecule has 61 heavy (non-hydrogen) atoms. The van der Waals surface area contributed by atoms with E-state index in [4.69, 9.17) is 9.97 Å². The lowest BCUT2D eigenvalue weighted by Gasteiger charge is -2.40. The zero-order valence-electron chi connectivity index (χ0n) is 33.4. The summed E-state index contributed by atoms with van der Waals surface area (Å²) in [5.74, 6) is 0.689. The van der Waals surface area contributed by atoms with E-state index in [1.807, 2.05) is 11.8 Å². The van der Waals surface area contributed by atoms with Crippen LogP contribution in [0, 0.1) is 0 Å². The first-order valence-corrected chi connectivity index (χ1v) is 22.6. The molecule has 2 aliphatic carbocycles. The van der Waals surface area contributed by atoms with Crippen LogP contribution in [0.25, 0.3) is 81.6 Å². The number of benzene rings is 8. The van der Waals surface area contributed by atoms with E-state index >= 15 is 0 Å². The maximum Gasteiger partial charge on any atom is 0.235 e. The largest absolute Gasteiger partial charge is 0.277 e. The van der Waals surface area contributed by atoms with Gasteiger partial charge in [-0.25, -0.2) is 9.97 Å². The first-order valence-electron chi connectivity index (χ1n) is 21.0. The molecule has 0 saturated carbocycles. The zero-order valence-corrected chi connectivity index (χ0v) is 35.0. The van der Waals surface area contributed by atoms with Crippen molar-refractivity contribution < 1.29 is 0 Å². The molecule has 0 fully saturated rings. The van der Waals surface area contributed by atoms with Gasteiger partial charge in [0.15, 0.2) is 0 Å². The molecule has 5 heteroatoms. The molecule has 3 aromatic heterocycles. The molecule has 14 rings (SSSR count). The maximum atomic E-state index is 5.74. The smallest absolute Gasteiger partial charge is 0.235 e. The molecule has 3 aliphatic rings. The van der Waals surface area contributed by atoms with Crippen LogP contribution in [0.3, 0.4) is 0 Å². The quantitative estimate of drug-likeness (QED) is 0.174. The summed E-state index contributed by atoms with van der Waals surface area (Å²) in [5, 5.41) is 3.55. The fourth-order valence-corrected chi connectivity index (χ4v) is 13.8. The SMILES string of the molecule is CC1(C)c2ccccc2-c2ccc(-c3nc(-n4c5ccccc5c5ccc6c(c54)Sc4ccccc4C64c5ccccc5-c5ccccc54)nc4c3sc3ccccc34)cc21. The van der Waals surface area contributed by atoms with Crippen LogP contribution < -0.4 is 0 Å². The minimum atomic E-state index is -0.492. The topological polar surface area (TPSA) is 30.7 Å². The predicted molar refractivity (Wildman–Crippen MR) is 254 cm³/mol. The highest BCUT2D eigenvalue weighted by Gasteiger charge is 2.50. The van der Waals surface area contributed by atoms with Crippen LogP contribution in [0.2, 0.25) is 0 Å². The molecular formula is C56H35N3S2. The predicted octanol–water partition coefficient (Wildman–Crippen LogP) is 14.7. The zero-order chi connectivity index (χ0) is 40.2. The number of hydrogen-bond acceptors (Lipinski definition) is 4. The molecule has 0 bridgehead atoms. The first kappa shape index (κ1) is 34.0. The van der Waals surface area contributed by atoms with Gasteiger partial charge in [0, 0.05) is 41.6 Å². The van der Waals surface area contributed by atoms with E-state index in [0.29, 0.717) is 5.95 Å². The number of fused-ring (bicyclic) bond motifs is 19. The van der Waals surface area contributed by atoms with Gasteiger partial charge in [-0.15, -0.1) is 11.3 Å². The molecule has 1 spiro atoms. The number of thiophene rings is 1.